The fourth-order valence-corrected chi connectivity index (χ4v) is 3.92. The van der Waals surface area contributed by atoms with Gasteiger partial charge in [0.2, 0.25) is 11.8 Å². The van der Waals surface area contributed by atoms with E-state index in [1.165, 1.54) is 0 Å². The first kappa shape index (κ1) is 27.9. The molecule has 1 N–H and O–H groups in total. The third kappa shape index (κ3) is 6.55. The van der Waals surface area contributed by atoms with Crippen molar-refractivity contribution >= 4 is 48.5 Å². The minimum Gasteiger partial charge on any atom is -0.420 e. The second-order valence-electron chi connectivity index (χ2n) is 8.01. The van der Waals surface area contributed by atoms with E-state index in [-0.39, 0.29) is 24.1 Å². The first-order chi connectivity index (χ1) is 16.7. The van der Waals surface area contributed by atoms with E-state index in [1.54, 1.807) is 0 Å². The Labute approximate surface area is 213 Å². The van der Waals surface area contributed by atoms with Gasteiger partial charge in [0.15, 0.2) is 0 Å². The molecule has 2 atom stereocenters. The summed E-state index contributed by atoms with van der Waals surface area (Å²) in [4.78, 5) is 34.5. The van der Waals surface area contributed by atoms with Crippen LogP contribution in [0.3, 0.4) is 0 Å². The molecular formula is C21H18BCl2F5N4O3. The first-order valence-electron chi connectivity index (χ1n) is 10.4. The number of hydrogen-bond donors (Lipinski definition) is 1. The smallest absolute Gasteiger partial charge is 0.420 e. The number of rotatable bonds is 8. The number of aromatic nitrogens is 2. The molecule has 2 amide bonds. The zero-order valence-corrected chi connectivity index (χ0v) is 19.8. The van der Waals surface area contributed by atoms with Gasteiger partial charge >= 0.3 is 5.57 Å². The second kappa shape index (κ2) is 10.8. The minimum absolute atomic E-state index is 0.0754. The Morgan fingerprint density at radius 1 is 1.17 bits per heavy atom. The number of carbonyl (C=O) groups is 2. The Bertz CT molecular complexity index is 1070. The quantitative estimate of drug-likeness (QED) is 0.302. The molecule has 1 saturated carbocycles. The van der Waals surface area contributed by atoms with Gasteiger partial charge in [0.05, 0.1) is 0 Å². The van der Waals surface area contributed by atoms with Crippen LogP contribution in [0.4, 0.5) is 27.6 Å². The predicted octanol–water partition coefficient (Wildman–Crippen LogP) is 4.23. The molecule has 2 aromatic rings. The van der Waals surface area contributed by atoms with Gasteiger partial charge in [-0.15, -0.1) is 8.78 Å². The summed E-state index contributed by atoms with van der Waals surface area (Å²) >= 11 is 10.2. The maximum atomic E-state index is 14.1. The highest BCUT2D eigenvalue weighted by Crippen LogP contribution is 2.36. The molecule has 0 unspecified atom stereocenters. The van der Waals surface area contributed by atoms with Crippen molar-refractivity contribution in [1.29, 1.82) is 0 Å². The fraction of sp³-hybridized carbons (Fsp3) is 0.429. The maximum absolute atomic E-state index is 14.1. The molecule has 1 aliphatic rings. The molecule has 0 spiro atoms. The van der Waals surface area contributed by atoms with Gasteiger partial charge in [-0.25, -0.2) is 23.1 Å². The van der Waals surface area contributed by atoms with Crippen molar-refractivity contribution in [2.75, 3.05) is 4.90 Å². The van der Waals surface area contributed by atoms with E-state index in [9.17, 15) is 31.5 Å². The lowest BCUT2D eigenvalue weighted by Gasteiger charge is -2.42. The average molecular weight is 551 g/mol. The number of nitrogens with one attached hydrogen (secondary N) is 1. The number of hydrogen-bond acceptors (Lipinski definition) is 5. The first-order valence-corrected chi connectivity index (χ1v) is 11.3. The van der Waals surface area contributed by atoms with Gasteiger partial charge in [-0.05, 0) is 37.1 Å². The summed E-state index contributed by atoms with van der Waals surface area (Å²) in [6.07, 6.45) is 2.18. The normalized spacial score (nSPS) is 18.5. The monoisotopic (exact) mass is 550 g/mol. The molecule has 192 valence electrons. The van der Waals surface area contributed by atoms with Gasteiger partial charge in [-0.1, -0.05) is 11.6 Å². The molecular weight excluding hydrogens is 533 g/mol. The Morgan fingerprint density at radius 3 is 2.22 bits per heavy atom. The largest absolute Gasteiger partial charge is 0.487 e. The second-order valence-corrected chi connectivity index (χ2v) is 8.84. The number of amides is 2. The van der Waals surface area contributed by atoms with Crippen LogP contribution in [0.25, 0.3) is 0 Å². The van der Waals surface area contributed by atoms with Crippen molar-refractivity contribution in [2.24, 2.45) is 0 Å². The standard InChI is InChI=1S/C21H18BCl2F5N4O3/c22-20(12-9-30-11-31-10-12,18(35)32-13-5-7-19(26,27)8-6-13)33(17(34)16(23)25)14-1-3-15(4-2-14)36-21(24,28)29/h1-4,9-11,13,16H,5-8H2,(H,32,35)/t16-,20-/m0/s1. The lowest BCUT2D eigenvalue weighted by Crippen LogP contribution is -2.62. The van der Waals surface area contributed by atoms with Crippen molar-refractivity contribution in [3.05, 3.63) is 48.5 Å². The van der Waals surface area contributed by atoms with Crippen molar-refractivity contribution < 1.29 is 36.3 Å². The molecule has 3 rings (SSSR count). The lowest BCUT2D eigenvalue weighted by molar-refractivity contribution is -0.130. The summed E-state index contributed by atoms with van der Waals surface area (Å²) in [7, 11) is 6.46. The van der Waals surface area contributed by atoms with Crippen LogP contribution in [0.2, 0.25) is 0 Å². The summed E-state index contributed by atoms with van der Waals surface area (Å²) in [5.41, 5.74) is -9.67. The SMILES string of the molecule is [B][C@@](C(=O)NC1CCC(F)(F)CC1)(c1cncnc1)N(C(=O)[C@H](F)Cl)c1ccc(OC(F)(F)Cl)cc1. The van der Waals surface area contributed by atoms with E-state index in [0.717, 1.165) is 43.0 Å². The summed E-state index contributed by atoms with van der Waals surface area (Å²) in [5, 5.41) is 2.53. The Hall–Kier alpha value is -2.67. The van der Waals surface area contributed by atoms with Crippen LogP contribution in [0.5, 0.6) is 5.75 Å². The zero-order chi connectivity index (χ0) is 26.7. The highest BCUT2D eigenvalue weighted by atomic mass is 35.5. The number of benzene rings is 1. The third-order valence-corrected chi connectivity index (χ3v) is 5.75. The van der Waals surface area contributed by atoms with Crippen LogP contribution in [0, 0.1) is 0 Å². The van der Waals surface area contributed by atoms with Crippen LogP contribution >= 0.6 is 23.2 Å². The molecule has 7 nitrogen and oxygen atoms in total. The van der Waals surface area contributed by atoms with Crippen LogP contribution in [-0.2, 0) is 15.0 Å². The molecule has 15 heteroatoms. The highest BCUT2D eigenvalue weighted by Gasteiger charge is 2.47. The number of carbonyl (C=O) groups excluding carboxylic acids is 2. The summed E-state index contributed by atoms with van der Waals surface area (Å²) in [5.74, 6) is -5.84. The number of ether oxygens (including phenoxy) is 1. The minimum atomic E-state index is -4.03. The summed E-state index contributed by atoms with van der Waals surface area (Å²) in [6.45, 7) is 0. The highest BCUT2D eigenvalue weighted by molar-refractivity contribution is 6.37. The molecule has 2 radical (unpaired) electrons. The Balaban J connectivity index is 2.04. The van der Waals surface area contributed by atoms with Crippen LogP contribution in [-0.4, -0.2) is 52.8 Å². The van der Waals surface area contributed by atoms with E-state index in [4.69, 9.17) is 31.0 Å². The lowest BCUT2D eigenvalue weighted by atomic mass is 9.69. The summed E-state index contributed by atoms with van der Waals surface area (Å²) in [6, 6.07) is 3.29. The molecule has 1 aliphatic carbocycles. The number of alkyl halides is 7. The zero-order valence-electron chi connectivity index (χ0n) is 18.3. The third-order valence-electron chi connectivity index (χ3n) is 5.49. The van der Waals surface area contributed by atoms with E-state index < -0.39 is 59.0 Å². The van der Waals surface area contributed by atoms with Gasteiger partial charge in [0.1, 0.15) is 25.4 Å². The molecule has 0 saturated heterocycles. The Morgan fingerprint density at radius 2 is 1.72 bits per heavy atom. The van der Waals surface area contributed by atoms with Gasteiger partial charge < -0.3 is 10.1 Å². The number of anilines is 1. The van der Waals surface area contributed by atoms with Gasteiger partial charge in [0.25, 0.3) is 11.5 Å². The molecule has 1 fully saturated rings. The number of nitrogens with zero attached hydrogens (tertiary/aromatic N) is 3. The van der Waals surface area contributed by atoms with Crippen LogP contribution < -0.4 is 15.0 Å². The van der Waals surface area contributed by atoms with Crippen molar-refractivity contribution in [3.63, 3.8) is 0 Å². The predicted molar refractivity (Wildman–Crippen MR) is 121 cm³/mol. The van der Waals surface area contributed by atoms with Crippen LogP contribution in [0.15, 0.2) is 43.0 Å². The number of halogens is 7. The molecule has 1 aromatic heterocycles. The van der Waals surface area contributed by atoms with Gasteiger partial charge in [-0.3, -0.25) is 14.5 Å². The average Bonchev–Trinajstić information content (AvgIpc) is 2.81. The Kier molecular flexibility index (Phi) is 8.34. The molecule has 1 heterocycles. The van der Waals surface area contributed by atoms with E-state index in [2.05, 4.69) is 20.0 Å². The topological polar surface area (TPSA) is 84.4 Å². The van der Waals surface area contributed by atoms with Crippen molar-refractivity contribution in [3.8, 4) is 5.75 Å². The van der Waals surface area contributed by atoms with Crippen LogP contribution in [0.1, 0.15) is 31.2 Å². The fourth-order valence-electron chi connectivity index (χ4n) is 3.74. The molecule has 0 aliphatic heterocycles. The van der Waals surface area contributed by atoms with Gasteiger partial charge in [0, 0.05) is 54.1 Å². The maximum Gasteiger partial charge on any atom is 0.487 e. The van der Waals surface area contributed by atoms with E-state index >= 15 is 0 Å². The molecule has 36 heavy (non-hydrogen) atoms. The van der Waals surface area contributed by atoms with Gasteiger partial charge in [-0.2, -0.15) is 0 Å². The molecule has 0 bridgehead atoms. The van der Waals surface area contributed by atoms with Crippen molar-refractivity contribution in [1.82, 2.24) is 15.3 Å². The van der Waals surface area contributed by atoms with Crippen molar-refractivity contribution in [2.45, 2.75) is 54.3 Å². The van der Waals surface area contributed by atoms with E-state index in [0.29, 0.717) is 4.90 Å². The van der Waals surface area contributed by atoms with E-state index in [1.807, 2.05) is 0 Å². The summed E-state index contributed by atoms with van der Waals surface area (Å²) < 4.78 is 71.4. The molecule has 1 aromatic carbocycles.